The van der Waals surface area contributed by atoms with Crippen LogP contribution < -0.4 is 0 Å². The van der Waals surface area contributed by atoms with Gasteiger partial charge in [-0.25, -0.2) is 0 Å². The average molecular weight is 258 g/mol. The van der Waals surface area contributed by atoms with Crippen LogP contribution in [0, 0.1) is 6.92 Å². The van der Waals surface area contributed by atoms with Gasteiger partial charge in [0, 0.05) is 21.2 Å². The van der Waals surface area contributed by atoms with E-state index in [-0.39, 0.29) is 0 Å². The van der Waals surface area contributed by atoms with Gasteiger partial charge in [-0.1, -0.05) is 11.3 Å². The summed E-state index contributed by atoms with van der Waals surface area (Å²) in [6.07, 6.45) is 0. The number of rotatable bonds is 1. The highest BCUT2D eigenvalue weighted by Gasteiger charge is 1.95. The van der Waals surface area contributed by atoms with E-state index in [1.807, 2.05) is 6.92 Å². The summed E-state index contributed by atoms with van der Waals surface area (Å²) in [6, 6.07) is 0. The summed E-state index contributed by atoms with van der Waals surface area (Å²) in [6.45, 7) is 1.95. The van der Waals surface area contributed by atoms with Gasteiger partial charge in [-0.15, -0.1) is 10.2 Å². The van der Waals surface area contributed by atoms with Gasteiger partial charge in [0.05, 0.1) is 0 Å². The summed E-state index contributed by atoms with van der Waals surface area (Å²) in [7, 11) is 1.60. The van der Waals surface area contributed by atoms with Crippen molar-refractivity contribution in [1.82, 2.24) is 10.2 Å². The summed E-state index contributed by atoms with van der Waals surface area (Å²) < 4.78 is 1.03. The van der Waals surface area contributed by atoms with Gasteiger partial charge in [0.2, 0.25) is 0 Å². The van der Waals surface area contributed by atoms with Gasteiger partial charge in [-0.05, 0) is 15.9 Å². The number of nitrogens with zero attached hydrogens (tertiary/aromatic N) is 2. The summed E-state index contributed by atoms with van der Waals surface area (Å²) in [5.74, 6) is 0. The molecule has 1 heterocycles. The minimum Gasteiger partial charge on any atom is -0.143 e. The number of halogens is 1. The zero-order valence-electron chi connectivity index (χ0n) is 4.09. The lowest BCUT2D eigenvalue weighted by Crippen LogP contribution is -1.66. The van der Waals surface area contributed by atoms with Gasteiger partial charge in [0.15, 0.2) is 4.34 Å². The molecule has 0 unspecified atom stereocenters. The standard InChI is InChI=1S/C3H3IN2S2/c1-2-5-6-3(7-2)8-4/h1H3. The fourth-order valence-electron chi connectivity index (χ4n) is 0.310. The van der Waals surface area contributed by atoms with Crippen molar-refractivity contribution in [3.63, 3.8) is 0 Å². The topological polar surface area (TPSA) is 25.8 Å². The third kappa shape index (κ3) is 1.56. The Balaban J connectivity index is 2.84. The van der Waals surface area contributed by atoms with Gasteiger partial charge < -0.3 is 0 Å². The van der Waals surface area contributed by atoms with Crippen LogP contribution in [0.2, 0.25) is 0 Å². The quantitative estimate of drug-likeness (QED) is 0.723. The van der Waals surface area contributed by atoms with Gasteiger partial charge in [-0.2, -0.15) is 0 Å². The van der Waals surface area contributed by atoms with Crippen molar-refractivity contribution in [2.24, 2.45) is 0 Å². The molecule has 1 rings (SSSR count). The molecule has 0 aliphatic rings. The molecule has 8 heavy (non-hydrogen) atoms. The molecule has 0 aliphatic carbocycles. The van der Waals surface area contributed by atoms with Crippen LogP contribution in [0.3, 0.4) is 0 Å². The molecule has 0 aromatic carbocycles. The SMILES string of the molecule is Cc1nnc(SI)s1. The van der Waals surface area contributed by atoms with Crippen molar-refractivity contribution in [1.29, 1.82) is 0 Å². The normalized spacial score (nSPS) is 9.75. The number of hydrogen-bond donors (Lipinski definition) is 0. The second-order valence-corrected chi connectivity index (χ2v) is 4.47. The molecule has 0 amide bonds. The van der Waals surface area contributed by atoms with Crippen LogP contribution >= 0.6 is 41.5 Å². The van der Waals surface area contributed by atoms with Gasteiger partial charge in [-0.3, -0.25) is 0 Å². The second kappa shape index (κ2) is 2.98. The van der Waals surface area contributed by atoms with E-state index < -0.39 is 0 Å². The van der Waals surface area contributed by atoms with Gasteiger partial charge >= 0.3 is 0 Å². The van der Waals surface area contributed by atoms with E-state index in [1.165, 1.54) is 0 Å². The Morgan fingerprint density at radius 3 is 2.62 bits per heavy atom. The van der Waals surface area contributed by atoms with Crippen molar-refractivity contribution in [3.05, 3.63) is 5.01 Å². The highest BCUT2D eigenvalue weighted by molar-refractivity contribution is 14.2. The summed E-state index contributed by atoms with van der Waals surface area (Å²) in [5.41, 5.74) is 0. The van der Waals surface area contributed by atoms with Crippen LogP contribution in [-0.4, -0.2) is 10.2 Å². The number of aromatic nitrogens is 2. The highest BCUT2D eigenvalue weighted by Crippen LogP contribution is 2.27. The zero-order valence-corrected chi connectivity index (χ0v) is 7.88. The fourth-order valence-corrected chi connectivity index (χ4v) is 2.36. The molecule has 0 aliphatic heterocycles. The minimum atomic E-state index is 1.03. The molecule has 0 N–H and O–H groups in total. The van der Waals surface area contributed by atoms with Gasteiger partial charge in [0.1, 0.15) is 5.01 Å². The third-order valence-electron chi connectivity index (χ3n) is 0.573. The molecule has 1 aromatic rings. The van der Waals surface area contributed by atoms with Crippen LogP contribution in [0.5, 0.6) is 0 Å². The molecule has 0 atom stereocenters. The van der Waals surface area contributed by atoms with Crippen molar-refractivity contribution in [2.45, 2.75) is 11.3 Å². The van der Waals surface area contributed by atoms with E-state index in [2.05, 4.69) is 31.4 Å². The zero-order chi connectivity index (χ0) is 5.98. The molecular weight excluding hydrogens is 255 g/mol. The first kappa shape index (κ1) is 6.76. The van der Waals surface area contributed by atoms with Crippen LogP contribution in [0.4, 0.5) is 0 Å². The maximum Gasteiger partial charge on any atom is 0.184 e. The summed E-state index contributed by atoms with van der Waals surface area (Å²) >= 11 is 3.81. The molecule has 44 valence electrons. The predicted octanol–water partition coefficient (Wildman–Crippen LogP) is 2.29. The van der Waals surface area contributed by atoms with E-state index in [4.69, 9.17) is 0 Å². The Kier molecular flexibility index (Phi) is 2.51. The van der Waals surface area contributed by atoms with Crippen LogP contribution in [-0.2, 0) is 0 Å². The average Bonchev–Trinajstić information content (AvgIpc) is 2.14. The lowest BCUT2D eigenvalue weighted by molar-refractivity contribution is 0.987. The molecule has 0 bridgehead atoms. The Hall–Kier alpha value is 0.640. The summed E-state index contributed by atoms with van der Waals surface area (Å²) in [4.78, 5) is 0. The Labute approximate surface area is 67.7 Å². The minimum absolute atomic E-state index is 1.03. The Morgan fingerprint density at radius 1 is 1.62 bits per heavy atom. The smallest absolute Gasteiger partial charge is 0.143 e. The maximum absolute atomic E-state index is 3.86. The molecule has 0 saturated heterocycles. The van der Waals surface area contributed by atoms with Crippen molar-refractivity contribution < 1.29 is 0 Å². The van der Waals surface area contributed by atoms with Crippen molar-refractivity contribution in [2.75, 3.05) is 0 Å². The monoisotopic (exact) mass is 258 g/mol. The Bertz CT molecular complexity index is 176. The van der Waals surface area contributed by atoms with E-state index in [1.54, 1.807) is 20.3 Å². The van der Waals surface area contributed by atoms with E-state index in [0.717, 1.165) is 9.35 Å². The van der Waals surface area contributed by atoms with Gasteiger partial charge in [0.25, 0.3) is 0 Å². The third-order valence-corrected chi connectivity index (χ3v) is 4.07. The lowest BCUT2D eigenvalue weighted by atomic mass is 10.9. The van der Waals surface area contributed by atoms with E-state index in [0.29, 0.717) is 0 Å². The maximum atomic E-state index is 3.86. The largest absolute Gasteiger partial charge is 0.184 e. The first-order valence-electron chi connectivity index (χ1n) is 1.91. The molecule has 0 saturated carbocycles. The summed E-state index contributed by atoms with van der Waals surface area (Å²) in [5, 5.41) is 8.72. The predicted molar refractivity (Wildman–Crippen MR) is 44.5 cm³/mol. The molecule has 0 radical (unpaired) electrons. The van der Waals surface area contributed by atoms with Crippen molar-refractivity contribution >= 4 is 41.5 Å². The first-order chi connectivity index (χ1) is 3.83. The number of hydrogen-bond acceptors (Lipinski definition) is 4. The molecule has 5 heteroatoms. The molecular formula is C3H3IN2S2. The van der Waals surface area contributed by atoms with Crippen LogP contribution in [0.1, 0.15) is 5.01 Å². The molecule has 2 nitrogen and oxygen atoms in total. The van der Waals surface area contributed by atoms with E-state index >= 15 is 0 Å². The molecule has 0 fully saturated rings. The molecule has 1 aromatic heterocycles. The number of aryl methyl sites for hydroxylation is 1. The van der Waals surface area contributed by atoms with Crippen LogP contribution in [0.15, 0.2) is 4.34 Å². The highest BCUT2D eigenvalue weighted by atomic mass is 127. The molecule has 0 spiro atoms. The van der Waals surface area contributed by atoms with Crippen molar-refractivity contribution in [3.8, 4) is 0 Å². The van der Waals surface area contributed by atoms with E-state index in [9.17, 15) is 0 Å². The first-order valence-corrected chi connectivity index (χ1v) is 6.09. The second-order valence-electron chi connectivity index (χ2n) is 1.16. The fraction of sp³-hybridized carbons (Fsp3) is 0.333. The lowest BCUT2D eigenvalue weighted by Gasteiger charge is -1.72. The van der Waals surface area contributed by atoms with Crippen LogP contribution in [0.25, 0.3) is 0 Å². The Morgan fingerprint density at radius 2 is 2.38 bits per heavy atom.